The van der Waals surface area contributed by atoms with Crippen LogP contribution in [-0.4, -0.2) is 49.7 Å². The lowest BCUT2D eigenvalue weighted by molar-refractivity contribution is -0.141. The number of nitrogens with zero attached hydrogens (tertiary/aromatic N) is 4. The molecule has 7 heteroatoms. The Labute approximate surface area is 133 Å². The average Bonchev–Trinajstić information content (AvgIpc) is 3.22. The number of amides is 1. The van der Waals surface area contributed by atoms with Gasteiger partial charge in [0, 0.05) is 19.3 Å². The van der Waals surface area contributed by atoms with Crippen LogP contribution in [0, 0.1) is 5.92 Å². The number of carboxylic acid groups (broad SMARTS) is 1. The lowest BCUT2D eigenvalue weighted by Gasteiger charge is -2.16. The molecule has 0 saturated carbocycles. The van der Waals surface area contributed by atoms with Crippen molar-refractivity contribution in [2.45, 2.75) is 19.8 Å². The van der Waals surface area contributed by atoms with Gasteiger partial charge in [0.15, 0.2) is 5.82 Å². The van der Waals surface area contributed by atoms with Crippen molar-refractivity contribution in [2.75, 3.05) is 13.1 Å². The van der Waals surface area contributed by atoms with Crippen LogP contribution >= 0.6 is 0 Å². The zero-order chi connectivity index (χ0) is 16.4. The summed E-state index contributed by atoms with van der Waals surface area (Å²) in [5.41, 5.74) is 1.30. The van der Waals surface area contributed by atoms with Crippen molar-refractivity contribution < 1.29 is 14.7 Å². The van der Waals surface area contributed by atoms with Crippen molar-refractivity contribution in [2.24, 2.45) is 5.92 Å². The van der Waals surface area contributed by atoms with Gasteiger partial charge in [-0.05, 0) is 25.0 Å². The van der Waals surface area contributed by atoms with Gasteiger partial charge in [0.25, 0.3) is 5.91 Å². The molecule has 1 saturated heterocycles. The molecule has 1 aliphatic rings. The van der Waals surface area contributed by atoms with Gasteiger partial charge in [-0.1, -0.05) is 13.0 Å². The number of carbonyl (C=O) groups excluding carboxylic acids is 1. The van der Waals surface area contributed by atoms with Gasteiger partial charge in [0.1, 0.15) is 0 Å². The number of aromatic nitrogens is 3. The van der Waals surface area contributed by atoms with Crippen molar-refractivity contribution in [3.8, 4) is 5.82 Å². The summed E-state index contributed by atoms with van der Waals surface area (Å²) in [6, 6.07) is 5.51. The predicted octanol–water partition coefficient (Wildman–Crippen LogP) is 1.38. The molecule has 1 aliphatic heterocycles. The number of carboxylic acids is 1. The van der Waals surface area contributed by atoms with Gasteiger partial charge in [-0.15, -0.1) is 0 Å². The van der Waals surface area contributed by atoms with E-state index in [4.69, 9.17) is 5.11 Å². The van der Waals surface area contributed by atoms with Gasteiger partial charge in [-0.2, -0.15) is 5.10 Å². The lowest BCUT2D eigenvalue weighted by Crippen LogP contribution is -2.30. The van der Waals surface area contributed by atoms with Crippen molar-refractivity contribution >= 4 is 11.9 Å². The van der Waals surface area contributed by atoms with Crippen LogP contribution in [0.15, 0.2) is 30.6 Å². The summed E-state index contributed by atoms with van der Waals surface area (Å²) in [7, 11) is 0. The highest BCUT2D eigenvalue weighted by Gasteiger charge is 2.32. The van der Waals surface area contributed by atoms with Crippen molar-refractivity contribution in [3.63, 3.8) is 0 Å². The molecule has 2 aromatic heterocycles. The van der Waals surface area contributed by atoms with E-state index in [0.29, 0.717) is 30.8 Å². The van der Waals surface area contributed by atoms with E-state index in [1.54, 1.807) is 22.0 Å². The Bertz CT molecular complexity index is 726. The molecule has 0 aliphatic carbocycles. The Morgan fingerprint density at radius 2 is 2.22 bits per heavy atom. The van der Waals surface area contributed by atoms with Crippen LogP contribution in [0.3, 0.4) is 0 Å². The molecular formula is C16H18N4O3. The molecule has 3 rings (SSSR count). The zero-order valence-electron chi connectivity index (χ0n) is 12.8. The highest BCUT2D eigenvalue weighted by molar-refractivity contribution is 5.95. The van der Waals surface area contributed by atoms with Crippen molar-refractivity contribution in [1.82, 2.24) is 19.7 Å². The van der Waals surface area contributed by atoms with Crippen LogP contribution in [0.2, 0.25) is 0 Å². The van der Waals surface area contributed by atoms with Crippen LogP contribution in [-0.2, 0) is 11.2 Å². The van der Waals surface area contributed by atoms with Crippen LogP contribution in [0.1, 0.15) is 29.4 Å². The van der Waals surface area contributed by atoms with Gasteiger partial charge < -0.3 is 10.0 Å². The molecule has 1 N–H and O–H groups in total. The molecule has 7 nitrogen and oxygen atoms in total. The minimum absolute atomic E-state index is 0.159. The van der Waals surface area contributed by atoms with Crippen molar-refractivity contribution in [1.29, 1.82) is 0 Å². The second-order valence-corrected chi connectivity index (χ2v) is 5.53. The smallest absolute Gasteiger partial charge is 0.308 e. The second-order valence-electron chi connectivity index (χ2n) is 5.53. The number of hydrogen-bond acceptors (Lipinski definition) is 4. The van der Waals surface area contributed by atoms with E-state index in [1.165, 1.54) is 0 Å². The summed E-state index contributed by atoms with van der Waals surface area (Å²) in [5.74, 6) is -0.823. The number of likely N-dealkylation sites (tertiary alicyclic amines) is 1. The molecule has 0 aromatic carbocycles. The molecule has 0 spiro atoms. The third-order valence-electron chi connectivity index (χ3n) is 4.13. The van der Waals surface area contributed by atoms with Gasteiger partial charge in [0.05, 0.1) is 23.4 Å². The Hall–Kier alpha value is -2.70. The minimum Gasteiger partial charge on any atom is -0.481 e. The average molecular weight is 314 g/mol. The number of hydrogen-bond donors (Lipinski definition) is 1. The molecular weight excluding hydrogens is 296 g/mol. The summed E-state index contributed by atoms with van der Waals surface area (Å²) in [4.78, 5) is 29.6. The highest BCUT2D eigenvalue weighted by atomic mass is 16.4. The van der Waals surface area contributed by atoms with Crippen molar-refractivity contribution in [3.05, 3.63) is 41.9 Å². The first-order valence-corrected chi connectivity index (χ1v) is 7.62. The van der Waals surface area contributed by atoms with Crippen LogP contribution in [0.5, 0.6) is 0 Å². The molecule has 1 amide bonds. The van der Waals surface area contributed by atoms with Gasteiger partial charge in [0.2, 0.25) is 0 Å². The topological polar surface area (TPSA) is 88.3 Å². The Morgan fingerprint density at radius 3 is 2.83 bits per heavy atom. The first kappa shape index (κ1) is 15.2. The fourth-order valence-electron chi connectivity index (χ4n) is 2.89. The fourth-order valence-corrected chi connectivity index (χ4v) is 2.89. The number of aliphatic carboxylic acids is 1. The molecule has 1 atom stereocenters. The highest BCUT2D eigenvalue weighted by Crippen LogP contribution is 2.22. The van der Waals surface area contributed by atoms with Crippen LogP contribution in [0.4, 0.5) is 0 Å². The maximum atomic E-state index is 12.7. The Morgan fingerprint density at radius 1 is 1.39 bits per heavy atom. The number of rotatable bonds is 4. The first-order valence-electron chi connectivity index (χ1n) is 7.62. The SMILES string of the molecule is CCc1c(C(=O)N2CC[C@@H](C(=O)O)C2)cnn1-c1ccccn1. The Kier molecular flexibility index (Phi) is 4.10. The fraction of sp³-hybridized carbons (Fsp3) is 0.375. The summed E-state index contributed by atoms with van der Waals surface area (Å²) >= 11 is 0. The van der Waals surface area contributed by atoms with E-state index >= 15 is 0 Å². The molecule has 2 aromatic rings. The molecule has 0 radical (unpaired) electrons. The van der Waals surface area contributed by atoms with E-state index in [-0.39, 0.29) is 12.5 Å². The third-order valence-corrected chi connectivity index (χ3v) is 4.13. The van der Waals surface area contributed by atoms with Crippen LogP contribution < -0.4 is 0 Å². The first-order chi connectivity index (χ1) is 11.1. The maximum absolute atomic E-state index is 12.7. The third kappa shape index (κ3) is 2.81. The molecule has 0 unspecified atom stereocenters. The monoisotopic (exact) mass is 314 g/mol. The summed E-state index contributed by atoms with van der Waals surface area (Å²) < 4.78 is 1.66. The van der Waals surface area contributed by atoms with Crippen LogP contribution in [0.25, 0.3) is 5.82 Å². The van der Waals surface area contributed by atoms with E-state index < -0.39 is 11.9 Å². The minimum atomic E-state index is -0.847. The van der Waals surface area contributed by atoms with E-state index in [1.807, 2.05) is 25.1 Å². The molecule has 1 fully saturated rings. The molecule has 120 valence electrons. The Balaban J connectivity index is 1.88. The van der Waals surface area contributed by atoms with Gasteiger partial charge >= 0.3 is 5.97 Å². The van der Waals surface area contributed by atoms with Gasteiger partial charge in [-0.3, -0.25) is 9.59 Å². The summed E-state index contributed by atoms with van der Waals surface area (Å²) in [5, 5.41) is 13.4. The predicted molar refractivity (Wildman–Crippen MR) is 82.4 cm³/mol. The normalized spacial score (nSPS) is 17.4. The molecule has 3 heterocycles. The zero-order valence-corrected chi connectivity index (χ0v) is 12.8. The van der Waals surface area contributed by atoms with E-state index in [0.717, 1.165) is 5.69 Å². The maximum Gasteiger partial charge on any atom is 0.308 e. The molecule has 0 bridgehead atoms. The number of carbonyl (C=O) groups is 2. The quantitative estimate of drug-likeness (QED) is 0.921. The lowest BCUT2D eigenvalue weighted by atomic mass is 10.1. The standard InChI is InChI=1S/C16H18N4O3/c1-2-13-12(9-18-20(13)14-5-3-4-7-17-14)15(21)19-8-6-11(10-19)16(22)23/h3-5,7,9,11H,2,6,8,10H2,1H3,(H,22,23)/t11-/m1/s1. The second kappa shape index (κ2) is 6.20. The van der Waals surface area contributed by atoms with Gasteiger partial charge in [-0.25, -0.2) is 9.67 Å². The summed E-state index contributed by atoms with van der Waals surface area (Å²) in [6.07, 6.45) is 4.35. The number of pyridine rings is 1. The summed E-state index contributed by atoms with van der Waals surface area (Å²) in [6.45, 7) is 2.68. The van der Waals surface area contributed by atoms with E-state index in [2.05, 4.69) is 10.1 Å². The molecule has 23 heavy (non-hydrogen) atoms. The van der Waals surface area contributed by atoms with E-state index in [9.17, 15) is 9.59 Å². The largest absolute Gasteiger partial charge is 0.481 e.